The van der Waals surface area contributed by atoms with Crippen LogP contribution >= 0.6 is 0 Å². The average molecular weight is 518 g/mol. The van der Waals surface area contributed by atoms with Crippen LogP contribution in [0.1, 0.15) is 56.7 Å². The summed E-state index contributed by atoms with van der Waals surface area (Å²) in [5.41, 5.74) is 12.9. The van der Waals surface area contributed by atoms with Crippen LogP contribution in [0.5, 0.6) is 0 Å². The molecule has 0 heterocycles. The highest BCUT2D eigenvalue weighted by Gasteiger charge is 2.06. The van der Waals surface area contributed by atoms with E-state index < -0.39 is 0 Å². The van der Waals surface area contributed by atoms with Gasteiger partial charge in [-0.05, 0) is 83.7 Å². The number of likely N-dealkylation sites (N-methyl/N-ethyl adjacent to an activating group) is 1. The third-order valence-electron chi connectivity index (χ3n) is 6.39. The molecule has 0 fully saturated rings. The van der Waals surface area contributed by atoms with Gasteiger partial charge in [-0.25, -0.2) is 0 Å². The summed E-state index contributed by atoms with van der Waals surface area (Å²) in [6.07, 6.45) is 19.7. The molecule has 0 atom stereocenters. The quantitative estimate of drug-likeness (QED) is 0.332. The van der Waals surface area contributed by atoms with Gasteiger partial charge in [0.1, 0.15) is 0 Å². The number of benzene rings is 3. The lowest BCUT2D eigenvalue weighted by molar-refractivity contribution is 0.929. The summed E-state index contributed by atoms with van der Waals surface area (Å²) in [5.74, 6) is 0. The molecule has 1 aliphatic carbocycles. The molecule has 0 radical (unpaired) electrons. The van der Waals surface area contributed by atoms with E-state index in [9.17, 15) is 0 Å². The van der Waals surface area contributed by atoms with Crippen molar-refractivity contribution in [2.75, 3.05) is 7.05 Å². The Morgan fingerprint density at radius 1 is 0.769 bits per heavy atom. The van der Waals surface area contributed by atoms with E-state index in [0.29, 0.717) is 0 Å². The van der Waals surface area contributed by atoms with Crippen LogP contribution < -0.4 is 5.32 Å². The third kappa shape index (κ3) is 10.3. The Morgan fingerprint density at radius 2 is 1.36 bits per heavy atom. The van der Waals surface area contributed by atoms with Crippen LogP contribution in [0, 0.1) is 33.6 Å². The highest BCUT2D eigenvalue weighted by atomic mass is 14.8. The minimum absolute atomic E-state index is 0.997. The van der Waals surface area contributed by atoms with Gasteiger partial charge in [0.05, 0.1) is 0 Å². The van der Waals surface area contributed by atoms with Crippen molar-refractivity contribution in [1.29, 1.82) is 0 Å². The molecule has 0 aromatic heterocycles. The minimum atomic E-state index is 0.997. The molecule has 1 nitrogen and oxygen atoms in total. The molecule has 39 heavy (non-hydrogen) atoms. The van der Waals surface area contributed by atoms with E-state index in [-0.39, 0.29) is 0 Å². The highest BCUT2D eigenvalue weighted by molar-refractivity contribution is 5.74. The van der Waals surface area contributed by atoms with Gasteiger partial charge < -0.3 is 5.32 Å². The lowest BCUT2D eigenvalue weighted by Crippen LogP contribution is -2.10. The first-order valence-corrected chi connectivity index (χ1v) is 13.8. The van der Waals surface area contributed by atoms with Gasteiger partial charge in [-0.2, -0.15) is 0 Å². The molecule has 1 aliphatic rings. The first-order valence-electron chi connectivity index (χ1n) is 13.8. The summed E-state index contributed by atoms with van der Waals surface area (Å²) in [5, 5.41) is 3.22. The van der Waals surface area contributed by atoms with Gasteiger partial charge in [-0.3, -0.25) is 0 Å². The van der Waals surface area contributed by atoms with Crippen molar-refractivity contribution in [3.05, 3.63) is 131 Å². The summed E-state index contributed by atoms with van der Waals surface area (Å²) >= 11 is 0. The first kappa shape index (κ1) is 33.0. The van der Waals surface area contributed by atoms with Crippen molar-refractivity contribution in [2.24, 2.45) is 0 Å². The fourth-order valence-corrected chi connectivity index (χ4v) is 4.15. The predicted octanol–water partition coefficient (Wildman–Crippen LogP) is 10.6. The van der Waals surface area contributed by atoms with Crippen LogP contribution in [-0.2, 0) is 0 Å². The molecule has 0 saturated carbocycles. The van der Waals surface area contributed by atoms with Gasteiger partial charge >= 0.3 is 0 Å². The van der Waals surface area contributed by atoms with Gasteiger partial charge in [0, 0.05) is 12.7 Å². The van der Waals surface area contributed by atoms with E-state index in [1.54, 1.807) is 0 Å². The van der Waals surface area contributed by atoms with E-state index in [0.717, 1.165) is 12.8 Å². The van der Waals surface area contributed by atoms with Crippen LogP contribution in [0.3, 0.4) is 0 Å². The van der Waals surface area contributed by atoms with Gasteiger partial charge in [0.2, 0.25) is 0 Å². The van der Waals surface area contributed by atoms with E-state index in [1.807, 2.05) is 7.05 Å². The Kier molecular flexibility index (Phi) is 15.5. The summed E-state index contributed by atoms with van der Waals surface area (Å²) < 4.78 is 0. The smallest absolute Gasteiger partial charge is 0.0399 e. The largest absolute Gasteiger partial charge is 0.388 e. The van der Waals surface area contributed by atoms with E-state index in [2.05, 4.69) is 157 Å². The van der Waals surface area contributed by atoms with Gasteiger partial charge in [0.25, 0.3) is 0 Å². The zero-order valence-electron chi connectivity index (χ0n) is 25.1. The van der Waals surface area contributed by atoms with Crippen LogP contribution in [-0.4, -0.2) is 7.05 Å². The highest BCUT2D eigenvalue weighted by Crippen LogP contribution is 2.29. The molecule has 3 aromatic rings. The summed E-state index contributed by atoms with van der Waals surface area (Å²) in [6, 6.07) is 24.0. The zero-order valence-corrected chi connectivity index (χ0v) is 25.1. The van der Waals surface area contributed by atoms with Crippen LogP contribution in [0.4, 0.5) is 0 Å². The SMILES string of the molecule is C#C.C=C(CC)/C(NC)=C1\C=CC=CC1.CCC.Cc1ccc(-c2ccc(-c3ccccc3)c(C)c2)cc1C. The molecule has 4 rings (SSSR count). The van der Waals surface area contributed by atoms with Crippen LogP contribution in [0.25, 0.3) is 22.3 Å². The third-order valence-corrected chi connectivity index (χ3v) is 6.39. The molecule has 204 valence electrons. The second-order valence-electron chi connectivity index (χ2n) is 9.50. The van der Waals surface area contributed by atoms with Crippen LogP contribution in [0.15, 0.2) is 114 Å². The lowest BCUT2D eigenvalue weighted by atomic mass is 9.94. The maximum absolute atomic E-state index is 4.04. The minimum Gasteiger partial charge on any atom is -0.388 e. The Labute approximate surface area is 239 Å². The Morgan fingerprint density at radius 3 is 1.85 bits per heavy atom. The van der Waals surface area contributed by atoms with E-state index in [4.69, 9.17) is 0 Å². The maximum Gasteiger partial charge on any atom is 0.0399 e. The van der Waals surface area contributed by atoms with E-state index >= 15 is 0 Å². The monoisotopic (exact) mass is 517 g/mol. The second kappa shape index (κ2) is 18.3. The second-order valence-corrected chi connectivity index (χ2v) is 9.50. The first-order chi connectivity index (χ1) is 18.9. The molecular weight excluding hydrogens is 470 g/mol. The van der Waals surface area contributed by atoms with E-state index in [1.165, 1.54) is 62.2 Å². The lowest BCUT2D eigenvalue weighted by Gasteiger charge is -2.14. The Balaban J connectivity index is 0.000000363. The van der Waals surface area contributed by atoms with Crippen LogP contribution in [0.2, 0.25) is 0 Å². The summed E-state index contributed by atoms with van der Waals surface area (Å²) in [4.78, 5) is 0. The topological polar surface area (TPSA) is 12.0 Å². The Hall–Kier alpha value is -4.02. The number of allylic oxidation sites excluding steroid dienone is 6. The average Bonchev–Trinajstić information content (AvgIpc) is 2.97. The fourth-order valence-electron chi connectivity index (χ4n) is 4.15. The number of terminal acetylenes is 1. The Bertz CT molecular complexity index is 1280. The molecule has 0 aliphatic heterocycles. The molecular formula is C38H47N. The fraction of sp³-hybridized carbons (Fsp3) is 0.263. The maximum atomic E-state index is 4.04. The standard InChI is InChI=1S/C21H20.C12H17N.C3H8.C2H2/c1-15-9-10-19(13-16(15)2)20-11-12-21(17(3)14-20)18-7-5-4-6-8-18;1-4-10(2)12(13-3)11-8-6-5-7-9-11;1-3-2;1-2/h4-14H,1-3H3;5-8,13H,2,4,9H2,1,3H3;3H2,1-2H3;1-2H/b;12-11-;;. The number of nitrogens with one attached hydrogen (secondary N) is 1. The molecule has 0 unspecified atom stereocenters. The van der Waals surface area contributed by atoms with Crippen molar-refractivity contribution in [2.45, 2.75) is 60.8 Å². The normalized spacial score (nSPS) is 12.4. The predicted molar refractivity (Wildman–Crippen MR) is 176 cm³/mol. The zero-order chi connectivity index (χ0) is 29.2. The number of hydrogen-bond acceptors (Lipinski definition) is 1. The van der Waals surface area contributed by atoms with Crippen molar-refractivity contribution in [3.8, 4) is 35.1 Å². The summed E-state index contributed by atoms with van der Waals surface area (Å²) in [6.45, 7) is 16.9. The molecule has 0 saturated heterocycles. The number of rotatable bonds is 5. The van der Waals surface area contributed by atoms with Gasteiger partial charge in [0.15, 0.2) is 0 Å². The molecule has 0 bridgehead atoms. The molecule has 1 N–H and O–H groups in total. The number of aryl methyl sites for hydroxylation is 3. The molecule has 0 amide bonds. The van der Waals surface area contributed by atoms with Gasteiger partial charge in [-0.1, -0.05) is 125 Å². The molecule has 0 spiro atoms. The van der Waals surface area contributed by atoms with Crippen molar-refractivity contribution in [3.63, 3.8) is 0 Å². The molecule has 1 heteroatoms. The van der Waals surface area contributed by atoms with Crippen molar-refractivity contribution < 1.29 is 0 Å². The van der Waals surface area contributed by atoms with Gasteiger partial charge in [-0.15, -0.1) is 12.8 Å². The molecule has 3 aromatic carbocycles. The van der Waals surface area contributed by atoms with Crippen molar-refractivity contribution in [1.82, 2.24) is 5.32 Å². The number of hydrogen-bond donors (Lipinski definition) is 1. The van der Waals surface area contributed by atoms with Crippen molar-refractivity contribution >= 4 is 0 Å². The summed E-state index contributed by atoms with van der Waals surface area (Å²) in [7, 11) is 1.95.